The standard InChI is InChI=1S/C19H18ClNO.ClH/c20-16-7-8-17-15(13-21-9-3-4-10-21)11-14-5-1-2-6-18(14)22-19(17)12-16;/h1-2,5-8,11-12H,3-4,9-10,13H2;1H. The summed E-state index contributed by atoms with van der Waals surface area (Å²) >= 11 is 6.17. The second-order valence-electron chi connectivity index (χ2n) is 5.93. The molecule has 2 nitrogen and oxygen atoms in total. The van der Waals surface area contributed by atoms with E-state index in [9.17, 15) is 0 Å². The van der Waals surface area contributed by atoms with Gasteiger partial charge >= 0.3 is 0 Å². The van der Waals surface area contributed by atoms with Gasteiger partial charge in [-0.2, -0.15) is 0 Å². The molecule has 2 aliphatic heterocycles. The third kappa shape index (κ3) is 3.40. The van der Waals surface area contributed by atoms with Crippen molar-refractivity contribution in [2.45, 2.75) is 12.8 Å². The molecule has 0 N–H and O–H groups in total. The molecule has 0 aliphatic carbocycles. The van der Waals surface area contributed by atoms with Gasteiger partial charge in [0, 0.05) is 28.8 Å². The molecule has 4 heteroatoms. The van der Waals surface area contributed by atoms with Crippen molar-refractivity contribution in [2.75, 3.05) is 19.6 Å². The first-order valence-electron chi connectivity index (χ1n) is 7.79. The average molecular weight is 348 g/mol. The van der Waals surface area contributed by atoms with Crippen molar-refractivity contribution in [3.63, 3.8) is 0 Å². The Morgan fingerprint density at radius 1 is 1.00 bits per heavy atom. The maximum Gasteiger partial charge on any atom is 0.136 e. The van der Waals surface area contributed by atoms with E-state index in [4.69, 9.17) is 16.3 Å². The lowest BCUT2D eigenvalue weighted by molar-refractivity contribution is 0.383. The smallest absolute Gasteiger partial charge is 0.136 e. The van der Waals surface area contributed by atoms with Crippen molar-refractivity contribution in [3.05, 3.63) is 58.6 Å². The average Bonchev–Trinajstić information content (AvgIpc) is 2.96. The Bertz CT molecular complexity index is 736. The predicted octanol–water partition coefficient (Wildman–Crippen LogP) is 5.50. The van der Waals surface area contributed by atoms with E-state index < -0.39 is 0 Å². The highest BCUT2D eigenvalue weighted by Crippen LogP contribution is 2.39. The zero-order chi connectivity index (χ0) is 14.9. The number of fused-ring (bicyclic) bond motifs is 2. The lowest BCUT2D eigenvalue weighted by Crippen LogP contribution is -2.21. The van der Waals surface area contributed by atoms with E-state index in [2.05, 4.69) is 29.2 Å². The Balaban J connectivity index is 0.00000156. The summed E-state index contributed by atoms with van der Waals surface area (Å²) < 4.78 is 6.12. The minimum atomic E-state index is 0. The number of para-hydroxylation sites is 1. The lowest BCUT2D eigenvalue weighted by Gasteiger charge is -2.18. The number of benzene rings is 2. The van der Waals surface area contributed by atoms with E-state index in [1.165, 1.54) is 31.5 Å². The van der Waals surface area contributed by atoms with Gasteiger partial charge in [0.25, 0.3) is 0 Å². The van der Waals surface area contributed by atoms with Crippen LogP contribution >= 0.6 is 24.0 Å². The topological polar surface area (TPSA) is 12.5 Å². The van der Waals surface area contributed by atoms with Crippen LogP contribution in [0.4, 0.5) is 0 Å². The molecule has 23 heavy (non-hydrogen) atoms. The van der Waals surface area contributed by atoms with Gasteiger partial charge in [-0.3, -0.25) is 4.90 Å². The molecule has 0 amide bonds. The molecule has 120 valence electrons. The number of likely N-dealkylation sites (tertiary alicyclic amines) is 1. The fourth-order valence-electron chi connectivity index (χ4n) is 3.23. The molecular formula is C19H19Cl2NO. The first-order chi connectivity index (χ1) is 10.8. The highest BCUT2D eigenvalue weighted by Gasteiger charge is 2.20. The van der Waals surface area contributed by atoms with Crippen molar-refractivity contribution in [1.82, 2.24) is 4.90 Å². The van der Waals surface area contributed by atoms with Crippen LogP contribution in [0, 0.1) is 0 Å². The van der Waals surface area contributed by atoms with Gasteiger partial charge in [-0.05, 0) is 55.8 Å². The highest BCUT2D eigenvalue weighted by molar-refractivity contribution is 6.30. The van der Waals surface area contributed by atoms with Crippen molar-refractivity contribution >= 4 is 35.7 Å². The molecule has 0 saturated carbocycles. The zero-order valence-electron chi connectivity index (χ0n) is 12.8. The zero-order valence-corrected chi connectivity index (χ0v) is 14.4. The fourth-order valence-corrected chi connectivity index (χ4v) is 3.40. The van der Waals surface area contributed by atoms with Crippen LogP contribution in [0.2, 0.25) is 5.02 Å². The first-order valence-corrected chi connectivity index (χ1v) is 8.17. The summed E-state index contributed by atoms with van der Waals surface area (Å²) in [6.45, 7) is 3.33. The Hall–Kier alpha value is -1.48. The minimum Gasteiger partial charge on any atom is -0.456 e. The largest absolute Gasteiger partial charge is 0.456 e. The maximum absolute atomic E-state index is 6.17. The Kier molecular flexibility index (Phi) is 4.96. The molecule has 0 spiro atoms. The lowest BCUT2D eigenvalue weighted by atomic mass is 10.0. The summed E-state index contributed by atoms with van der Waals surface area (Å²) in [5.74, 6) is 1.74. The quantitative estimate of drug-likeness (QED) is 0.710. The van der Waals surface area contributed by atoms with Gasteiger partial charge in [0.1, 0.15) is 11.5 Å². The number of halogens is 2. The molecule has 2 aliphatic rings. The summed E-state index contributed by atoms with van der Waals surface area (Å²) in [6, 6.07) is 14.1. The van der Waals surface area contributed by atoms with Gasteiger partial charge in [0.2, 0.25) is 0 Å². The second kappa shape index (κ2) is 6.96. The minimum absolute atomic E-state index is 0. The summed E-state index contributed by atoms with van der Waals surface area (Å²) in [4.78, 5) is 2.51. The fraction of sp³-hybridized carbons (Fsp3) is 0.263. The summed E-state index contributed by atoms with van der Waals surface area (Å²) in [6.07, 6.45) is 4.86. The van der Waals surface area contributed by atoms with E-state index in [0.29, 0.717) is 5.02 Å². The maximum atomic E-state index is 6.17. The third-order valence-electron chi connectivity index (χ3n) is 4.35. The van der Waals surface area contributed by atoms with Crippen LogP contribution in [0.3, 0.4) is 0 Å². The van der Waals surface area contributed by atoms with Crippen LogP contribution < -0.4 is 4.74 Å². The SMILES string of the molecule is Cl.Clc1ccc2c(c1)Oc1ccccc1C=C2CN1CCCC1. The molecule has 1 fully saturated rings. The summed E-state index contributed by atoms with van der Waals surface area (Å²) in [5, 5.41) is 0.707. The molecule has 4 rings (SSSR count). The normalized spacial score (nSPS) is 16.5. The molecule has 0 radical (unpaired) electrons. The van der Waals surface area contributed by atoms with Crippen LogP contribution in [0.25, 0.3) is 11.6 Å². The van der Waals surface area contributed by atoms with Crippen LogP contribution in [-0.4, -0.2) is 24.5 Å². The van der Waals surface area contributed by atoms with Gasteiger partial charge in [0.15, 0.2) is 0 Å². The Labute approximate surface area is 148 Å². The third-order valence-corrected chi connectivity index (χ3v) is 4.59. The number of rotatable bonds is 2. The Morgan fingerprint density at radius 2 is 1.78 bits per heavy atom. The van der Waals surface area contributed by atoms with Crippen LogP contribution in [-0.2, 0) is 0 Å². The van der Waals surface area contributed by atoms with Gasteiger partial charge in [-0.15, -0.1) is 12.4 Å². The van der Waals surface area contributed by atoms with Crippen LogP contribution in [0.15, 0.2) is 42.5 Å². The highest BCUT2D eigenvalue weighted by atomic mass is 35.5. The number of hydrogen-bond acceptors (Lipinski definition) is 2. The summed E-state index contributed by atoms with van der Waals surface area (Å²) in [5.41, 5.74) is 3.58. The second-order valence-corrected chi connectivity index (χ2v) is 6.37. The monoisotopic (exact) mass is 347 g/mol. The molecule has 1 saturated heterocycles. The number of ether oxygens (including phenoxy) is 1. The molecule has 0 atom stereocenters. The molecular weight excluding hydrogens is 329 g/mol. The number of hydrogen-bond donors (Lipinski definition) is 0. The van der Waals surface area contributed by atoms with Crippen molar-refractivity contribution in [3.8, 4) is 11.5 Å². The molecule has 0 bridgehead atoms. The molecule has 2 heterocycles. The van der Waals surface area contributed by atoms with Gasteiger partial charge in [-0.25, -0.2) is 0 Å². The van der Waals surface area contributed by atoms with E-state index in [1.807, 2.05) is 24.3 Å². The van der Waals surface area contributed by atoms with Crippen molar-refractivity contribution in [2.24, 2.45) is 0 Å². The van der Waals surface area contributed by atoms with E-state index in [1.54, 1.807) is 0 Å². The van der Waals surface area contributed by atoms with Crippen molar-refractivity contribution < 1.29 is 4.74 Å². The molecule has 2 aromatic carbocycles. The summed E-state index contributed by atoms with van der Waals surface area (Å²) in [7, 11) is 0. The van der Waals surface area contributed by atoms with Crippen molar-refractivity contribution in [1.29, 1.82) is 0 Å². The van der Waals surface area contributed by atoms with E-state index in [0.717, 1.165) is 29.2 Å². The molecule has 0 unspecified atom stereocenters. The van der Waals surface area contributed by atoms with Crippen LogP contribution in [0.5, 0.6) is 11.5 Å². The molecule has 0 aromatic heterocycles. The van der Waals surface area contributed by atoms with Gasteiger partial charge in [-0.1, -0.05) is 29.8 Å². The van der Waals surface area contributed by atoms with Gasteiger partial charge < -0.3 is 4.74 Å². The Morgan fingerprint density at radius 3 is 2.61 bits per heavy atom. The van der Waals surface area contributed by atoms with Gasteiger partial charge in [0.05, 0.1) is 0 Å². The van der Waals surface area contributed by atoms with Crippen LogP contribution in [0.1, 0.15) is 24.0 Å². The van der Waals surface area contributed by atoms with E-state index in [-0.39, 0.29) is 12.4 Å². The predicted molar refractivity (Wildman–Crippen MR) is 98.8 cm³/mol. The molecule has 2 aromatic rings. The first kappa shape index (κ1) is 16.4. The number of nitrogens with zero attached hydrogens (tertiary/aromatic N) is 1. The van der Waals surface area contributed by atoms with E-state index >= 15 is 0 Å².